The molecule has 0 aliphatic rings. The van der Waals surface area contributed by atoms with Gasteiger partial charge in [0.1, 0.15) is 5.75 Å². The van der Waals surface area contributed by atoms with Crippen LogP contribution in [-0.4, -0.2) is 25.6 Å². The van der Waals surface area contributed by atoms with Crippen LogP contribution in [-0.2, 0) is 11.3 Å². The molecule has 0 atom stereocenters. The van der Waals surface area contributed by atoms with Gasteiger partial charge in [0.15, 0.2) is 0 Å². The van der Waals surface area contributed by atoms with Gasteiger partial charge in [-0.1, -0.05) is 12.1 Å². The number of ether oxygens (including phenoxy) is 1. The number of hydrogen-bond donors (Lipinski definition) is 2. The summed E-state index contributed by atoms with van der Waals surface area (Å²) in [6.45, 7) is 9.25. The number of rotatable bonds is 7. The smallest absolute Gasteiger partial charge is 0.226 e. The van der Waals surface area contributed by atoms with Crippen molar-refractivity contribution in [3.8, 4) is 5.75 Å². The number of amides is 1. The Bertz CT molecular complexity index is 425. The number of carbonyl (C=O) groups is 1. The van der Waals surface area contributed by atoms with Crippen molar-refractivity contribution >= 4 is 5.91 Å². The SMILES string of the molecule is CNC(=O)C(C)(C)CNCc1ccc(OC(C)C)cc1. The Kier molecular flexibility index (Phi) is 6.02. The van der Waals surface area contributed by atoms with E-state index in [1.807, 2.05) is 52.0 Å². The molecule has 0 radical (unpaired) electrons. The van der Waals surface area contributed by atoms with Gasteiger partial charge in [-0.3, -0.25) is 4.79 Å². The summed E-state index contributed by atoms with van der Waals surface area (Å²) < 4.78 is 5.60. The molecule has 1 rings (SSSR count). The molecule has 1 aromatic carbocycles. The van der Waals surface area contributed by atoms with E-state index >= 15 is 0 Å². The highest BCUT2D eigenvalue weighted by Crippen LogP contribution is 2.15. The second kappa shape index (κ2) is 7.29. The Balaban J connectivity index is 2.44. The van der Waals surface area contributed by atoms with Gasteiger partial charge in [-0.25, -0.2) is 0 Å². The third kappa shape index (κ3) is 5.21. The predicted octanol–water partition coefficient (Wildman–Crippen LogP) is 2.34. The molecule has 0 spiro atoms. The van der Waals surface area contributed by atoms with Crippen LogP contribution in [0.1, 0.15) is 33.3 Å². The van der Waals surface area contributed by atoms with Crippen LogP contribution >= 0.6 is 0 Å². The molecule has 0 aliphatic heterocycles. The molecule has 0 bridgehead atoms. The zero-order valence-electron chi connectivity index (χ0n) is 13.1. The molecule has 2 N–H and O–H groups in total. The lowest BCUT2D eigenvalue weighted by Crippen LogP contribution is -2.41. The first-order valence-corrected chi connectivity index (χ1v) is 7.03. The molecule has 0 saturated heterocycles. The first kappa shape index (κ1) is 16.5. The van der Waals surface area contributed by atoms with Crippen molar-refractivity contribution in [2.24, 2.45) is 5.41 Å². The zero-order chi connectivity index (χ0) is 15.2. The maximum atomic E-state index is 11.7. The molecule has 0 aliphatic carbocycles. The van der Waals surface area contributed by atoms with Gasteiger partial charge in [-0.15, -0.1) is 0 Å². The third-order valence-electron chi connectivity index (χ3n) is 3.03. The predicted molar refractivity (Wildman–Crippen MR) is 81.8 cm³/mol. The Morgan fingerprint density at radius 1 is 1.25 bits per heavy atom. The average molecular weight is 278 g/mol. The van der Waals surface area contributed by atoms with Gasteiger partial charge < -0.3 is 15.4 Å². The van der Waals surface area contributed by atoms with Gasteiger partial charge >= 0.3 is 0 Å². The second-order valence-electron chi connectivity index (χ2n) is 5.88. The van der Waals surface area contributed by atoms with Gasteiger partial charge in [0.25, 0.3) is 0 Å². The zero-order valence-corrected chi connectivity index (χ0v) is 13.1. The highest BCUT2D eigenvalue weighted by molar-refractivity contribution is 5.81. The Morgan fingerprint density at radius 2 is 1.85 bits per heavy atom. The van der Waals surface area contributed by atoms with E-state index in [0.717, 1.165) is 12.3 Å². The van der Waals surface area contributed by atoms with Gasteiger partial charge in [-0.05, 0) is 45.4 Å². The summed E-state index contributed by atoms with van der Waals surface area (Å²) in [5, 5.41) is 6.00. The Labute approximate surface area is 121 Å². The standard InChI is InChI=1S/C16H26N2O2/c1-12(2)20-14-8-6-13(7-9-14)10-18-11-16(3,4)15(19)17-5/h6-9,12,18H,10-11H2,1-5H3,(H,17,19). The van der Waals surface area contributed by atoms with Crippen molar-refractivity contribution < 1.29 is 9.53 Å². The Morgan fingerprint density at radius 3 is 2.35 bits per heavy atom. The molecular weight excluding hydrogens is 252 g/mol. The second-order valence-corrected chi connectivity index (χ2v) is 5.88. The topological polar surface area (TPSA) is 50.4 Å². The van der Waals surface area contributed by atoms with Crippen LogP contribution in [0.15, 0.2) is 24.3 Å². The van der Waals surface area contributed by atoms with Crippen molar-refractivity contribution in [1.82, 2.24) is 10.6 Å². The van der Waals surface area contributed by atoms with Crippen molar-refractivity contribution in [2.45, 2.75) is 40.3 Å². The van der Waals surface area contributed by atoms with Crippen molar-refractivity contribution in [3.05, 3.63) is 29.8 Å². The summed E-state index contributed by atoms with van der Waals surface area (Å²) in [6, 6.07) is 8.02. The maximum absolute atomic E-state index is 11.7. The van der Waals surface area contributed by atoms with Gasteiger partial charge in [0.2, 0.25) is 5.91 Å². The molecular formula is C16H26N2O2. The molecule has 0 saturated carbocycles. The fraction of sp³-hybridized carbons (Fsp3) is 0.562. The van der Waals surface area contributed by atoms with Crippen LogP contribution in [0.25, 0.3) is 0 Å². The first-order valence-electron chi connectivity index (χ1n) is 7.03. The van der Waals surface area contributed by atoms with E-state index in [2.05, 4.69) is 10.6 Å². The van der Waals surface area contributed by atoms with E-state index in [4.69, 9.17) is 4.74 Å². The van der Waals surface area contributed by atoms with E-state index in [-0.39, 0.29) is 12.0 Å². The Hall–Kier alpha value is -1.55. The minimum Gasteiger partial charge on any atom is -0.491 e. The van der Waals surface area contributed by atoms with Crippen LogP contribution in [0.5, 0.6) is 5.75 Å². The molecule has 4 nitrogen and oxygen atoms in total. The number of carbonyl (C=O) groups excluding carboxylic acids is 1. The number of benzene rings is 1. The lowest BCUT2D eigenvalue weighted by molar-refractivity contribution is -0.128. The van der Waals surface area contributed by atoms with E-state index in [1.54, 1.807) is 7.05 Å². The highest BCUT2D eigenvalue weighted by atomic mass is 16.5. The largest absolute Gasteiger partial charge is 0.491 e. The molecule has 112 valence electrons. The third-order valence-corrected chi connectivity index (χ3v) is 3.03. The summed E-state index contributed by atoms with van der Waals surface area (Å²) in [5.41, 5.74) is 0.768. The van der Waals surface area contributed by atoms with Gasteiger partial charge in [0, 0.05) is 20.1 Å². The van der Waals surface area contributed by atoms with E-state index < -0.39 is 5.41 Å². The van der Waals surface area contributed by atoms with E-state index in [9.17, 15) is 4.79 Å². The normalized spacial score (nSPS) is 11.5. The molecule has 0 fully saturated rings. The molecule has 1 aromatic rings. The molecule has 0 unspecified atom stereocenters. The summed E-state index contributed by atoms with van der Waals surface area (Å²) in [5.74, 6) is 0.931. The minimum atomic E-state index is -0.407. The molecule has 0 heterocycles. The number of hydrogen-bond acceptors (Lipinski definition) is 3. The molecule has 4 heteroatoms. The van der Waals surface area contributed by atoms with Crippen molar-refractivity contribution in [2.75, 3.05) is 13.6 Å². The monoisotopic (exact) mass is 278 g/mol. The van der Waals surface area contributed by atoms with Crippen LogP contribution in [0.3, 0.4) is 0 Å². The summed E-state index contributed by atoms with van der Waals surface area (Å²) >= 11 is 0. The van der Waals surface area contributed by atoms with Crippen LogP contribution in [0, 0.1) is 5.41 Å². The molecule has 0 aromatic heterocycles. The lowest BCUT2D eigenvalue weighted by Gasteiger charge is -2.23. The highest BCUT2D eigenvalue weighted by Gasteiger charge is 2.25. The van der Waals surface area contributed by atoms with Crippen molar-refractivity contribution in [1.29, 1.82) is 0 Å². The fourth-order valence-electron chi connectivity index (χ4n) is 1.90. The molecule has 20 heavy (non-hydrogen) atoms. The minimum absolute atomic E-state index is 0.0469. The van der Waals surface area contributed by atoms with E-state index in [1.165, 1.54) is 5.56 Å². The summed E-state index contributed by atoms with van der Waals surface area (Å²) in [4.78, 5) is 11.7. The van der Waals surface area contributed by atoms with Crippen LogP contribution in [0.4, 0.5) is 0 Å². The van der Waals surface area contributed by atoms with Gasteiger partial charge in [-0.2, -0.15) is 0 Å². The van der Waals surface area contributed by atoms with Gasteiger partial charge in [0.05, 0.1) is 11.5 Å². The lowest BCUT2D eigenvalue weighted by atomic mass is 9.92. The van der Waals surface area contributed by atoms with Crippen molar-refractivity contribution in [3.63, 3.8) is 0 Å². The number of nitrogens with one attached hydrogen (secondary N) is 2. The summed E-state index contributed by atoms with van der Waals surface area (Å²) in [7, 11) is 1.66. The molecule has 1 amide bonds. The summed E-state index contributed by atoms with van der Waals surface area (Å²) in [6.07, 6.45) is 0.187. The van der Waals surface area contributed by atoms with E-state index in [0.29, 0.717) is 6.54 Å². The van der Waals surface area contributed by atoms with Crippen LogP contribution in [0.2, 0.25) is 0 Å². The van der Waals surface area contributed by atoms with Crippen LogP contribution < -0.4 is 15.4 Å². The maximum Gasteiger partial charge on any atom is 0.226 e. The fourth-order valence-corrected chi connectivity index (χ4v) is 1.90. The quantitative estimate of drug-likeness (QED) is 0.805. The average Bonchev–Trinajstić information content (AvgIpc) is 2.39. The first-order chi connectivity index (χ1) is 9.35.